The largest absolute Gasteiger partial charge is 0.299 e. The molecule has 1 atom stereocenters. The first-order chi connectivity index (χ1) is 6.04. The van der Waals surface area contributed by atoms with Gasteiger partial charge in [0.05, 0.1) is 17.6 Å². The fourth-order valence-corrected chi connectivity index (χ4v) is 3.35. The fraction of sp³-hybridized carbons (Fsp3) is 0.875. The fourth-order valence-electron chi connectivity index (χ4n) is 1.48. The molecular weight excluding hydrogens is 188 g/mol. The van der Waals surface area contributed by atoms with Crippen molar-refractivity contribution in [2.75, 3.05) is 18.1 Å². The summed E-state index contributed by atoms with van der Waals surface area (Å²) in [5.74, 6) is 0.105. The summed E-state index contributed by atoms with van der Waals surface area (Å²) in [6, 6.07) is 2.08. The van der Waals surface area contributed by atoms with E-state index in [4.69, 9.17) is 5.26 Å². The topological polar surface area (TPSA) is 70.0 Å². The Labute approximate surface area is 78.9 Å². The van der Waals surface area contributed by atoms with Gasteiger partial charge in [0.2, 0.25) is 0 Å². The summed E-state index contributed by atoms with van der Waals surface area (Å²) in [5.41, 5.74) is -0.811. The molecular formula is C8H14N2O2S. The number of nitrogens with zero attached hydrogens (tertiary/aromatic N) is 1. The van der Waals surface area contributed by atoms with Crippen LogP contribution in [0.2, 0.25) is 0 Å². The maximum atomic E-state index is 11.2. The first kappa shape index (κ1) is 10.5. The highest BCUT2D eigenvalue weighted by molar-refractivity contribution is 7.91. The summed E-state index contributed by atoms with van der Waals surface area (Å²) in [6.07, 6.45) is 1.33. The number of hydrogen-bond donors (Lipinski definition) is 1. The highest BCUT2D eigenvalue weighted by Gasteiger charge is 2.41. The second-order valence-corrected chi connectivity index (χ2v) is 5.65. The van der Waals surface area contributed by atoms with Gasteiger partial charge in [-0.3, -0.25) is 5.32 Å². The molecule has 4 nitrogen and oxygen atoms in total. The lowest BCUT2D eigenvalue weighted by Gasteiger charge is -2.19. The summed E-state index contributed by atoms with van der Waals surface area (Å²) >= 11 is 0. The molecule has 1 fully saturated rings. The third kappa shape index (κ3) is 2.42. The number of nitriles is 1. The minimum atomic E-state index is -2.98. The van der Waals surface area contributed by atoms with E-state index in [9.17, 15) is 8.42 Å². The van der Waals surface area contributed by atoms with Crippen molar-refractivity contribution < 1.29 is 8.42 Å². The Morgan fingerprint density at radius 1 is 1.62 bits per heavy atom. The van der Waals surface area contributed by atoms with Crippen LogP contribution >= 0.6 is 0 Å². The van der Waals surface area contributed by atoms with Gasteiger partial charge < -0.3 is 0 Å². The van der Waals surface area contributed by atoms with Crippen molar-refractivity contribution in [1.82, 2.24) is 5.32 Å². The zero-order chi connectivity index (χ0) is 9.95. The molecule has 13 heavy (non-hydrogen) atoms. The molecule has 0 aromatic carbocycles. The predicted molar refractivity (Wildman–Crippen MR) is 49.9 cm³/mol. The van der Waals surface area contributed by atoms with Gasteiger partial charge in [0.1, 0.15) is 5.54 Å². The molecule has 0 aromatic rings. The second kappa shape index (κ2) is 3.64. The second-order valence-electron chi connectivity index (χ2n) is 3.46. The van der Waals surface area contributed by atoms with Gasteiger partial charge in [0, 0.05) is 0 Å². The van der Waals surface area contributed by atoms with Crippen LogP contribution < -0.4 is 5.32 Å². The highest BCUT2D eigenvalue weighted by atomic mass is 32.2. The summed E-state index contributed by atoms with van der Waals surface area (Å²) in [7, 11) is -2.98. The lowest BCUT2D eigenvalue weighted by Crippen LogP contribution is -2.45. The van der Waals surface area contributed by atoms with Crippen LogP contribution in [0.5, 0.6) is 0 Å². The molecule has 0 aromatic heterocycles. The molecule has 1 N–H and O–H groups in total. The van der Waals surface area contributed by atoms with E-state index in [1.807, 2.05) is 6.92 Å². The maximum Gasteiger partial charge on any atom is 0.153 e. The molecule has 0 bridgehead atoms. The van der Waals surface area contributed by atoms with Gasteiger partial charge in [-0.2, -0.15) is 5.26 Å². The third-order valence-corrected chi connectivity index (χ3v) is 3.99. The summed E-state index contributed by atoms with van der Waals surface area (Å²) in [6.45, 7) is 2.69. The van der Waals surface area contributed by atoms with E-state index in [-0.39, 0.29) is 11.5 Å². The SMILES string of the molecule is CCCNC1(C#N)CCS(=O)(=O)C1. The van der Waals surface area contributed by atoms with E-state index in [1.54, 1.807) is 0 Å². The molecule has 74 valence electrons. The van der Waals surface area contributed by atoms with Crippen LogP contribution in [0.25, 0.3) is 0 Å². The van der Waals surface area contributed by atoms with Crippen molar-refractivity contribution >= 4 is 9.84 Å². The van der Waals surface area contributed by atoms with E-state index in [1.165, 1.54) is 0 Å². The van der Waals surface area contributed by atoms with Crippen molar-refractivity contribution in [3.05, 3.63) is 0 Å². The molecule has 1 aliphatic heterocycles. The van der Waals surface area contributed by atoms with Gasteiger partial charge >= 0.3 is 0 Å². The monoisotopic (exact) mass is 202 g/mol. The summed E-state index contributed by atoms with van der Waals surface area (Å²) in [4.78, 5) is 0. The number of nitrogens with one attached hydrogen (secondary N) is 1. The third-order valence-electron chi connectivity index (χ3n) is 2.23. The van der Waals surface area contributed by atoms with Gasteiger partial charge in [-0.25, -0.2) is 8.42 Å². The molecule has 1 saturated heterocycles. The number of hydrogen-bond acceptors (Lipinski definition) is 4. The average Bonchev–Trinajstić information content (AvgIpc) is 2.40. The molecule has 0 radical (unpaired) electrons. The van der Waals surface area contributed by atoms with E-state index in [0.717, 1.165) is 6.42 Å². The lowest BCUT2D eigenvalue weighted by atomic mass is 10.0. The van der Waals surface area contributed by atoms with Crippen LogP contribution in [0, 0.1) is 11.3 Å². The molecule has 0 saturated carbocycles. The van der Waals surface area contributed by atoms with Crippen LogP contribution in [0.15, 0.2) is 0 Å². The van der Waals surface area contributed by atoms with E-state index < -0.39 is 15.4 Å². The van der Waals surface area contributed by atoms with Crippen molar-refractivity contribution in [2.45, 2.75) is 25.3 Å². The van der Waals surface area contributed by atoms with Crippen LogP contribution in [-0.2, 0) is 9.84 Å². The van der Waals surface area contributed by atoms with E-state index in [2.05, 4.69) is 11.4 Å². The molecule has 0 amide bonds. The summed E-state index contributed by atoms with van der Waals surface area (Å²) < 4.78 is 22.4. The van der Waals surface area contributed by atoms with Crippen molar-refractivity contribution in [1.29, 1.82) is 5.26 Å². The quantitative estimate of drug-likeness (QED) is 0.703. The van der Waals surface area contributed by atoms with Crippen LogP contribution in [0.1, 0.15) is 19.8 Å². The predicted octanol–water partition coefficient (Wildman–Crippen LogP) is 0.0669. The van der Waals surface area contributed by atoms with Crippen molar-refractivity contribution in [3.63, 3.8) is 0 Å². The van der Waals surface area contributed by atoms with E-state index in [0.29, 0.717) is 13.0 Å². The Balaban J connectivity index is 2.70. The van der Waals surface area contributed by atoms with Crippen LogP contribution in [-0.4, -0.2) is 32.0 Å². The maximum absolute atomic E-state index is 11.2. The molecule has 1 aliphatic rings. The Kier molecular flexibility index (Phi) is 2.94. The normalized spacial score (nSPS) is 31.4. The van der Waals surface area contributed by atoms with Crippen molar-refractivity contribution in [2.24, 2.45) is 0 Å². The van der Waals surface area contributed by atoms with Gasteiger partial charge in [-0.1, -0.05) is 6.92 Å². The first-order valence-electron chi connectivity index (χ1n) is 4.40. The molecule has 0 aliphatic carbocycles. The van der Waals surface area contributed by atoms with Gasteiger partial charge in [0.15, 0.2) is 9.84 Å². The van der Waals surface area contributed by atoms with E-state index >= 15 is 0 Å². The Morgan fingerprint density at radius 2 is 2.31 bits per heavy atom. The molecule has 0 spiro atoms. The minimum Gasteiger partial charge on any atom is -0.299 e. The Bertz CT molecular complexity index is 318. The first-order valence-corrected chi connectivity index (χ1v) is 6.22. The zero-order valence-corrected chi connectivity index (χ0v) is 8.52. The standard InChI is InChI=1S/C8H14N2O2S/c1-2-4-10-8(6-9)3-5-13(11,12)7-8/h10H,2-5,7H2,1H3. The molecule has 1 unspecified atom stereocenters. The van der Waals surface area contributed by atoms with Gasteiger partial charge in [-0.15, -0.1) is 0 Å². The smallest absolute Gasteiger partial charge is 0.153 e. The molecule has 1 heterocycles. The Hall–Kier alpha value is -0.600. The average molecular weight is 202 g/mol. The summed E-state index contributed by atoms with van der Waals surface area (Å²) in [5, 5.41) is 11.9. The lowest BCUT2D eigenvalue weighted by molar-refractivity contribution is 0.456. The zero-order valence-electron chi connectivity index (χ0n) is 7.71. The van der Waals surface area contributed by atoms with Gasteiger partial charge in [0.25, 0.3) is 0 Å². The van der Waals surface area contributed by atoms with Gasteiger partial charge in [-0.05, 0) is 19.4 Å². The Morgan fingerprint density at radius 3 is 2.69 bits per heavy atom. The minimum absolute atomic E-state index is 0.0312. The number of rotatable bonds is 3. The number of sulfone groups is 1. The van der Waals surface area contributed by atoms with Crippen LogP contribution in [0.3, 0.4) is 0 Å². The van der Waals surface area contributed by atoms with Crippen molar-refractivity contribution in [3.8, 4) is 6.07 Å². The molecule has 5 heteroatoms. The molecule has 1 rings (SSSR count). The highest BCUT2D eigenvalue weighted by Crippen LogP contribution is 2.22. The van der Waals surface area contributed by atoms with Crippen LogP contribution in [0.4, 0.5) is 0 Å².